The molecule has 22 heavy (non-hydrogen) atoms. The highest BCUT2D eigenvalue weighted by Crippen LogP contribution is 2.23. The Bertz CT molecular complexity index is 609. The number of halogens is 1. The first-order valence-electron chi connectivity index (χ1n) is 7.75. The van der Waals surface area contributed by atoms with Gasteiger partial charge in [0.05, 0.1) is 6.54 Å². The Hall–Kier alpha value is -1.95. The van der Waals surface area contributed by atoms with Crippen LogP contribution in [0.4, 0.5) is 10.1 Å². The summed E-state index contributed by atoms with van der Waals surface area (Å²) in [5, 5.41) is 8.19. The summed E-state index contributed by atoms with van der Waals surface area (Å²) >= 11 is 0. The molecule has 1 aromatic carbocycles. The summed E-state index contributed by atoms with van der Waals surface area (Å²) < 4.78 is 15.1. The summed E-state index contributed by atoms with van der Waals surface area (Å²) in [7, 11) is 2.13. The van der Waals surface area contributed by atoms with Gasteiger partial charge in [-0.25, -0.2) is 4.39 Å². The van der Waals surface area contributed by atoms with E-state index in [-0.39, 0.29) is 5.82 Å². The highest BCUT2D eigenvalue weighted by atomic mass is 19.1. The van der Waals surface area contributed by atoms with Crippen molar-refractivity contribution in [3.63, 3.8) is 0 Å². The second kappa shape index (κ2) is 6.44. The fourth-order valence-corrected chi connectivity index (χ4v) is 3.01. The molecule has 1 aliphatic rings. The van der Waals surface area contributed by atoms with Crippen molar-refractivity contribution in [1.29, 1.82) is 0 Å². The molecule has 2 aromatic rings. The number of aromatic nitrogens is 3. The molecule has 3 rings (SSSR count). The van der Waals surface area contributed by atoms with Crippen molar-refractivity contribution in [2.24, 2.45) is 0 Å². The molecule has 1 aromatic heterocycles. The van der Waals surface area contributed by atoms with Crippen LogP contribution in [0.3, 0.4) is 0 Å². The minimum atomic E-state index is -0.185. The third-order valence-electron chi connectivity index (χ3n) is 4.41. The average Bonchev–Trinajstić information content (AvgIpc) is 3.16. The summed E-state index contributed by atoms with van der Waals surface area (Å²) in [5.41, 5.74) is 1.09. The van der Waals surface area contributed by atoms with Gasteiger partial charge in [0.25, 0.3) is 0 Å². The summed E-state index contributed by atoms with van der Waals surface area (Å²) in [4.78, 5) is 4.64. The van der Waals surface area contributed by atoms with Crippen LogP contribution in [0.15, 0.2) is 30.6 Å². The highest BCUT2D eigenvalue weighted by molar-refractivity contribution is 5.47. The normalized spacial score (nSPS) is 18.4. The molecule has 1 saturated heterocycles. The van der Waals surface area contributed by atoms with Crippen molar-refractivity contribution in [3.8, 4) is 0 Å². The van der Waals surface area contributed by atoms with Gasteiger partial charge in [0.1, 0.15) is 18.0 Å². The van der Waals surface area contributed by atoms with Gasteiger partial charge in [0.2, 0.25) is 0 Å². The molecule has 1 fully saturated rings. The Kier molecular flexibility index (Phi) is 4.38. The monoisotopic (exact) mass is 303 g/mol. The van der Waals surface area contributed by atoms with Crippen LogP contribution in [0, 0.1) is 5.82 Å². The Balaban J connectivity index is 1.61. The lowest BCUT2D eigenvalue weighted by molar-refractivity contribution is 0.241. The number of aryl methyl sites for hydroxylation is 1. The molecule has 0 radical (unpaired) electrons. The molecule has 0 bridgehead atoms. The fraction of sp³-hybridized carbons (Fsp3) is 0.500. The van der Waals surface area contributed by atoms with Crippen LogP contribution in [0.1, 0.15) is 19.2 Å². The number of rotatable bonds is 5. The lowest BCUT2D eigenvalue weighted by atomic mass is 10.2. The zero-order valence-corrected chi connectivity index (χ0v) is 13.1. The van der Waals surface area contributed by atoms with Gasteiger partial charge in [-0.15, -0.1) is 10.2 Å². The number of anilines is 1. The predicted octanol–water partition coefficient (Wildman–Crippen LogP) is 2.15. The maximum atomic E-state index is 13.0. The largest absolute Gasteiger partial charge is 0.370 e. The van der Waals surface area contributed by atoms with E-state index >= 15 is 0 Å². The van der Waals surface area contributed by atoms with E-state index in [9.17, 15) is 4.39 Å². The molecule has 0 aliphatic carbocycles. The van der Waals surface area contributed by atoms with Crippen molar-refractivity contribution in [3.05, 3.63) is 42.2 Å². The highest BCUT2D eigenvalue weighted by Gasteiger charge is 2.26. The van der Waals surface area contributed by atoms with Crippen LogP contribution in [0.2, 0.25) is 0 Å². The number of hydrogen-bond acceptors (Lipinski definition) is 4. The number of nitrogens with zero attached hydrogens (tertiary/aromatic N) is 5. The number of hydrogen-bond donors (Lipinski definition) is 0. The van der Waals surface area contributed by atoms with Gasteiger partial charge in [0, 0.05) is 31.4 Å². The van der Waals surface area contributed by atoms with Gasteiger partial charge in [0.15, 0.2) is 0 Å². The zero-order chi connectivity index (χ0) is 15.5. The van der Waals surface area contributed by atoms with E-state index in [1.54, 1.807) is 6.33 Å². The quantitative estimate of drug-likeness (QED) is 0.848. The van der Waals surface area contributed by atoms with Gasteiger partial charge in [-0.3, -0.25) is 4.90 Å². The van der Waals surface area contributed by atoms with Gasteiger partial charge in [-0.2, -0.15) is 0 Å². The molecule has 6 heteroatoms. The molecular weight excluding hydrogens is 281 g/mol. The Labute approximate surface area is 130 Å². The summed E-state index contributed by atoms with van der Waals surface area (Å²) in [6, 6.07) is 7.23. The van der Waals surface area contributed by atoms with Crippen molar-refractivity contribution >= 4 is 5.69 Å². The maximum Gasteiger partial charge on any atom is 0.146 e. The topological polar surface area (TPSA) is 37.2 Å². The van der Waals surface area contributed by atoms with Crippen LogP contribution in [-0.2, 0) is 13.1 Å². The predicted molar refractivity (Wildman–Crippen MR) is 84.2 cm³/mol. The lowest BCUT2D eigenvalue weighted by Gasteiger charge is -2.25. The SMILES string of the molecule is CCn1cnnc1CN(C)C1CCN(c2ccc(F)cc2)C1. The molecule has 1 unspecified atom stereocenters. The van der Waals surface area contributed by atoms with E-state index in [0.717, 1.165) is 44.1 Å². The molecule has 0 spiro atoms. The minimum Gasteiger partial charge on any atom is -0.370 e. The van der Waals surface area contributed by atoms with Crippen LogP contribution in [0.5, 0.6) is 0 Å². The minimum absolute atomic E-state index is 0.185. The Morgan fingerprint density at radius 2 is 2.09 bits per heavy atom. The van der Waals surface area contributed by atoms with Crippen LogP contribution < -0.4 is 4.90 Å². The standard InChI is InChI=1S/C16H22FN5/c1-3-21-12-18-19-16(21)11-20(2)15-8-9-22(10-15)14-6-4-13(17)5-7-14/h4-7,12,15H,3,8-11H2,1-2H3. The number of likely N-dealkylation sites (N-methyl/N-ethyl adjacent to an activating group) is 1. The van der Waals surface area contributed by atoms with E-state index in [4.69, 9.17) is 0 Å². The smallest absolute Gasteiger partial charge is 0.146 e. The van der Waals surface area contributed by atoms with E-state index < -0.39 is 0 Å². The van der Waals surface area contributed by atoms with E-state index in [1.165, 1.54) is 12.1 Å². The van der Waals surface area contributed by atoms with Crippen molar-refractivity contribution in [1.82, 2.24) is 19.7 Å². The van der Waals surface area contributed by atoms with E-state index in [2.05, 4.69) is 38.5 Å². The van der Waals surface area contributed by atoms with Crippen LogP contribution >= 0.6 is 0 Å². The first-order chi connectivity index (χ1) is 10.7. The fourth-order valence-electron chi connectivity index (χ4n) is 3.01. The molecule has 5 nitrogen and oxygen atoms in total. The first-order valence-corrected chi connectivity index (χ1v) is 7.75. The summed E-state index contributed by atoms with van der Waals surface area (Å²) in [5.74, 6) is 0.820. The van der Waals surface area contributed by atoms with Crippen LogP contribution in [0.25, 0.3) is 0 Å². The van der Waals surface area contributed by atoms with Gasteiger partial charge in [-0.1, -0.05) is 0 Å². The van der Waals surface area contributed by atoms with Crippen molar-refractivity contribution < 1.29 is 4.39 Å². The summed E-state index contributed by atoms with van der Waals surface area (Å²) in [6.45, 7) is 5.75. The molecule has 1 aliphatic heterocycles. The molecule has 118 valence electrons. The molecule has 2 heterocycles. The van der Waals surface area contributed by atoms with Gasteiger partial charge in [-0.05, 0) is 44.7 Å². The maximum absolute atomic E-state index is 13.0. The molecule has 0 saturated carbocycles. The Morgan fingerprint density at radius 3 is 2.82 bits per heavy atom. The number of benzene rings is 1. The molecule has 0 amide bonds. The van der Waals surface area contributed by atoms with Crippen molar-refractivity contribution in [2.45, 2.75) is 32.5 Å². The molecule has 0 N–H and O–H groups in total. The van der Waals surface area contributed by atoms with Gasteiger partial charge < -0.3 is 9.47 Å². The second-order valence-electron chi connectivity index (χ2n) is 5.81. The zero-order valence-electron chi connectivity index (χ0n) is 13.1. The Morgan fingerprint density at radius 1 is 1.32 bits per heavy atom. The second-order valence-corrected chi connectivity index (χ2v) is 5.81. The molecule has 1 atom stereocenters. The van der Waals surface area contributed by atoms with E-state index in [0.29, 0.717) is 6.04 Å². The van der Waals surface area contributed by atoms with Crippen LogP contribution in [-0.4, -0.2) is 45.8 Å². The van der Waals surface area contributed by atoms with E-state index in [1.807, 2.05) is 12.1 Å². The third kappa shape index (κ3) is 3.11. The first kappa shape index (κ1) is 15.0. The average molecular weight is 303 g/mol. The summed E-state index contributed by atoms with van der Waals surface area (Å²) in [6.07, 6.45) is 2.89. The van der Waals surface area contributed by atoms with Gasteiger partial charge >= 0.3 is 0 Å². The lowest BCUT2D eigenvalue weighted by Crippen LogP contribution is -2.34. The molecular formula is C16H22FN5. The van der Waals surface area contributed by atoms with Crippen molar-refractivity contribution in [2.75, 3.05) is 25.0 Å². The third-order valence-corrected chi connectivity index (χ3v) is 4.41.